The van der Waals surface area contributed by atoms with Crippen molar-refractivity contribution >= 4 is 21.6 Å². The number of nitrogens with two attached hydrogens (primary N) is 1. The molecular formula is C13H13BrN2O. The second-order valence-electron chi connectivity index (χ2n) is 3.85. The van der Waals surface area contributed by atoms with Gasteiger partial charge in [-0.3, -0.25) is 4.98 Å². The van der Waals surface area contributed by atoms with Crippen LogP contribution in [0.3, 0.4) is 0 Å². The van der Waals surface area contributed by atoms with Gasteiger partial charge in [0.05, 0.1) is 6.10 Å². The van der Waals surface area contributed by atoms with E-state index in [-0.39, 0.29) is 0 Å². The summed E-state index contributed by atoms with van der Waals surface area (Å²) in [4.78, 5) is 4.02. The fourth-order valence-corrected chi connectivity index (χ4v) is 2.07. The summed E-state index contributed by atoms with van der Waals surface area (Å²) in [6.07, 6.45) is 3.35. The molecule has 0 saturated heterocycles. The predicted molar refractivity (Wildman–Crippen MR) is 71.5 cm³/mol. The van der Waals surface area contributed by atoms with E-state index in [4.69, 9.17) is 5.73 Å². The molecule has 1 aromatic heterocycles. The largest absolute Gasteiger partial charge is 0.398 e. The Hall–Kier alpha value is -1.39. The molecular weight excluding hydrogens is 280 g/mol. The number of pyridine rings is 1. The van der Waals surface area contributed by atoms with E-state index in [9.17, 15) is 5.11 Å². The summed E-state index contributed by atoms with van der Waals surface area (Å²) in [7, 11) is 0. The number of hydrogen-bond donors (Lipinski definition) is 2. The molecule has 0 spiro atoms. The van der Waals surface area contributed by atoms with Crippen LogP contribution in [0.2, 0.25) is 0 Å². The van der Waals surface area contributed by atoms with Crippen LogP contribution in [0, 0.1) is 0 Å². The predicted octanol–water partition coefficient (Wildman–Crippen LogP) is 2.70. The summed E-state index contributed by atoms with van der Waals surface area (Å²) in [5, 5.41) is 10.2. The van der Waals surface area contributed by atoms with Crippen LogP contribution >= 0.6 is 15.9 Å². The summed E-state index contributed by atoms with van der Waals surface area (Å²) in [5.41, 5.74) is 8.17. The number of anilines is 1. The topological polar surface area (TPSA) is 59.1 Å². The zero-order chi connectivity index (χ0) is 12.3. The minimum Gasteiger partial charge on any atom is -0.398 e. The minimum absolute atomic E-state index is 0.508. The highest BCUT2D eigenvalue weighted by atomic mass is 79.9. The van der Waals surface area contributed by atoms with Gasteiger partial charge < -0.3 is 10.8 Å². The zero-order valence-corrected chi connectivity index (χ0v) is 10.8. The van der Waals surface area contributed by atoms with Crippen LogP contribution < -0.4 is 5.73 Å². The van der Waals surface area contributed by atoms with Crippen LogP contribution in [-0.4, -0.2) is 10.1 Å². The van der Waals surface area contributed by atoms with Gasteiger partial charge in [-0.2, -0.15) is 0 Å². The molecule has 1 unspecified atom stereocenters. The van der Waals surface area contributed by atoms with Crippen LogP contribution in [0.5, 0.6) is 0 Å². The van der Waals surface area contributed by atoms with Gasteiger partial charge in [-0.05, 0) is 29.8 Å². The van der Waals surface area contributed by atoms with Gasteiger partial charge in [0.25, 0.3) is 0 Å². The first-order valence-corrected chi connectivity index (χ1v) is 6.08. The summed E-state index contributed by atoms with van der Waals surface area (Å²) < 4.78 is 0.909. The first kappa shape index (κ1) is 12.1. The second kappa shape index (κ2) is 5.29. The molecule has 4 heteroatoms. The van der Waals surface area contributed by atoms with Crippen molar-refractivity contribution in [1.82, 2.24) is 4.98 Å². The highest BCUT2D eigenvalue weighted by Gasteiger charge is 2.12. The molecule has 0 aliphatic carbocycles. The third-order valence-electron chi connectivity index (χ3n) is 2.56. The number of nitrogens with zero attached hydrogens (tertiary/aromatic N) is 1. The maximum Gasteiger partial charge on any atom is 0.0851 e. The summed E-state index contributed by atoms with van der Waals surface area (Å²) in [6, 6.07) is 9.27. The third kappa shape index (κ3) is 3.05. The second-order valence-corrected chi connectivity index (χ2v) is 4.77. The highest BCUT2D eigenvalue weighted by Crippen LogP contribution is 2.26. The number of halogens is 1. The number of aliphatic hydroxyl groups excluding tert-OH is 1. The van der Waals surface area contributed by atoms with Gasteiger partial charge >= 0.3 is 0 Å². The molecule has 88 valence electrons. The Morgan fingerprint density at radius 3 is 2.88 bits per heavy atom. The van der Waals surface area contributed by atoms with Crippen molar-refractivity contribution in [3.05, 3.63) is 58.3 Å². The first-order chi connectivity index (χ1) is 8.16. The van der Waals surface area contributed by atoms with E-state index >= 15 is 0 Å². The van der Waals surface area contributed by atoms with Gasteiger partial charge in [0, 0.05) is 34.5 Å². The van der Waals surface area contributed by atoms with Crippen molar-refractivity contribution < 1.29 is 5.11 Å². The van der Waals surface area contributed by atoms with Gasteiger partial charge in [0.15, 0.2) is 0 Å². The lowest BCUT2D eigenvalue weighted by Crippen LogP contribution is -2.05. The maximum absolute atomic E-state index is 10.2. The molecule has 2 aromatic rings. The van der Waals surface area contributed by atoms with Crippen LogP contribution in [0.25, 0.3) is 0 Å². The number of benzene rings is 1. The molecule has 3 N–H and O–H groups in total. The molecule has 1 heterocycles. The standard InChI is InChI=1S/C13H13BrN2O/c14-10-3-4-12(15)11(7-10)13(17)6-9-2-1-5-16-8-9/h1-5,7-8,13,17H,6,15H2. The van der Waals surface area contributed by atoms with Gasteiger partial charge in [-0.25, -0.2) is 0 Å². The lowest BCUT2D eigenvalue weighted by Gasteiger charge is -2.13. The van der Waals surface area contributed by atoms with Gasteiger partial charge in [-0.1, -0.05) is 22.0 Å². The number of aromatic nitrogens is 1. The van der Waals surface area contributed by atoms with Crippen LogP contribution in [0.1, 0.15) is 17.2 Å². The van der Waals surface area contributed by atoms with Crippen molar-refractivity contribution in [2.24, 2.45) is 0 Å². The molecule has 2 rings (SSSR count). The lowest BCUT2D eigenvalue weighted by molar-refractivity contribution is 0.179. The molecule has 0 saturated carbocycles. The molecule has 1 atom stereocenters. The Morgan fingerprint density at radius 2 is 2.18 bits per heavy atom. The Balaban J connectivity index is 2.20. The van der Waals surface area contributed by atoms with Crippen LogP contribution in [0.4, 0.5) is 5.69 Å². The van der Waals surface area contributed by atoms with E-state index in [2.05, 4.69) is 20.9 Å². The lowest BCUT2D eigenvalue weighted by atomic mass is 10.0. The fraction of sp³-hybridized carbons (Fsp3) is 0.154. The number of hydrogen-bond acceptors (Lipinski definition) is 3. The van der Waals surface area contributed by atoms with E-state index in [1.54, 1.807) is 18.5 Å². The van der Waals surface area contributed by atoms with Gasteiger partial charge in [-0.15, -0.1) is 0 Å². The first-order valence-electron chi connectivity index (χ1n) is 5.28. The normalized spacial score (nSPS) is 12.4. The molecule has 1 aromatic carbocycles. The molecule has 0 aliphatic rings. The summed E-state index contributed by atoms with van der Waals surface area (Å²) in [5.74, 6) is 0. The molecule has 0 fully saturated rings. The van der Waals surface area contributed by atoms with Crippen LogP contribution in [-0.2, 0) is 6.42 Å². The fourth-order valence-electron chi connectivity index (χ4n) is 1.69. The van der Waals surface area contributed by atoms with E-state index in [1.807, 2.05) is 24.3 Å². The Labute approximate surface area is 108 Å². The molecule has 0 radical (unpaired) electrons. The third-order valence-corrected chi connectivity index (χ3v) is 3.05. The smallest absolute Gasteiger partial charge is 0.0851 e. The maximum atomic E-state index is 10.2. The highest BCUT2D eigenvalue weighted by molar-refractivity contribution is 9.10. The SMILES string of the molecule is Nc1ccc(Br)cc1C(O)Cc1cccnc1. The molecule has 3 nitrogen and oxygen atoms in total. The number of nitrogen functional groups attached to an aromatic ring is 1. The average molecular weight is 293 g/mol. The Morgan fingerprint density at radius 1 is 1.35 bits per heavy atom. The van der Waals surface area contributed by atoms with Crippen molar-refractivity contribution in [2.75, 3.05) is 5.73 Å². The molecule has 0 aliphatic heterocycles. The summed E-state index contributed by atoms with van der Waals surface area (Å²) in [6.45, 7) is 0. The summed E-state index contributed by atoms with van der Waals surface area (Å²) >= 11 is 3.37. The minimum atomic E-state index is -0.614. The number of rotatable bonds is 3. The quantitative estimate of drug-likeness (QED) is 0.855. The molecule has 0 bridgehead atoms. The van der Waals surface area contributed by atoms with Crippen molar-refractivity contribution in [3.63, 3.8) is 0 Å². The molecule has 17 heavy (non-hydrogen) atoms. The zero-order valence-electron chi connectivity index (χ0n) is 9.18. The number of aliphatic hydroxyl groups is 1. The van der Waals surface area contributed by atoms with Gasteiger partial charge in [0.1, 0.15) is 0 Å². The molecule has 0 amide bonds. The monoisotopic (exact) mass is 292 g/mol. The average Bonchev–Trinajstić information content (AvgIpc) is 2.33. The van der Waals surface area contributed by atoms with E-state index in [0.29, 0.717) is 12.1 Å². The van der Waals surface area contributed by atoms with Crippen molar-refractivity contribution in [2.45, 2.75) is 12.5 Å². The van der Waals surface area contributed by atoms with Crippen molar-refractivity contribution in [3.8, 4) is 0 Å². The van der Waals surface area contributed by atoms with Crippen molar-refractivity contribution in [1.29, 1.82) is 0 Å². The van der Waals surface area contributed by atoms with Gasteiger partial charge in [0.2, 0.25) is 0 Å². The Bertz CT molecular complexity index is 502. The van der Waals surface area contributed by atoms with E-state index < -0.39 is 6.10 Å². The van der Waals surface area contributed by atoms with E-state index in [0.717, 1.165) is 15.6 Å². The Kier molecular flexibility index (Phi) is 3.76. The van der Waals surface area contributed by atoms with E-state index in [1.165, 1.54) is 0 Å². The van der Waals surface area contributed by atoms with Crippen LogP contribution in [0.15, 0.2) is 47.2 Å².